The summed E-state index contributed by atoms with van der Waals surface area (Å²) in [6, 6.07) is 35.3. The molecule has 4 unspecified atom stereocenters. The van der Waals surface area contributed by atoms with Crippen molar-refractivity contribution in [2.75, 3.05) is 0 Å². The van der Waals surface area contributed by atoms with E-state index in [2.05, 4.69) is 154 Å². The van der Waals surface area contributed by atoms with Gasteiger partial charge in [-0.15, -0.1) is 0 Å². The summed E-state index contributed by atoms with van der Waals surface area (Å²) < 4.78 is 0. The highest BCUT2D eigenvalue weighted by atomic mass is 16.3. The molecule has 2 N–H and O–H groups in total. The van der Waals surface area contributed by atoms with Gasteiger partial charge in [-0.25, -0.2) is 0 Å². The van der Waals surface area contributed by atoms with E-state index in [1.807, 2.05) is 6.92 Å². The minimum Gasteiger partial charge on any atom is -0.507 e. The zero-order valence-electron chi connectivity index (χ0n) is 31.3. The van der Waals surface area contributed by atoms with Crippen LogP contribution in [-0.2, 0) is 6.42 Å². The van der Waals surface area contributed by atoms with Crippen molar-refractivity contribution in [2.45, 2.75) is 58.3 Å². The molecule has 2 heteroatoms. The highest BCUT2D eigenvalue weighted by Gasteiger charge is 2.36. The van der Waals surface area contributed by atoms with Crippen LogP contribution in [0.1, 0.15) is 89.5 Å². The van der Waals surface area contributed by atoms with Crippen molar-refractivity contribution in [3.63, 3.8) is 0 Å². The Morgan fingerprint density at radius 1 is 0.648 bits per heavy atom. The number of phenols is 2. The molecule has 2 nitrogen and oxygen atoms in total. The van der Waals surface area contributed by atoms with Crippen LogP contribution in [0.15, 0.2) is 133 Å². The normalized spacial score (nSPS) is 18.2. The van der Waals surface area contributed by atoms with Gasteiger partial charge in [-0.2, -0.15) is 0 Å². The van der Waals surface area contributed by atoms with Gasteiger partial charge < -0.3 is 10.2 Å². The highest BCUT2D eigenvalue weighted by Crippen LogP contribution is 2.52. The molecule has 3 aliphatic carbocycles. The molecule has 0 spiro atoms. The van der Waals surface area contributed by atoms with Gasteiger partial charge >= 0.3 is 0 Å². The zero-order chi connectivity index (χ0) is 36.8. The van der Waals surface area contributed by atoms with Gasteiger partial charge in [0.05, 0.1) is 0 Å². The predicted molar refractivity (Wildman–Crippen MR) is 227 cm³/mol. The van der Waals surface area contributed by atoms with Crippen LogP contribution < -0.4 is 0 Å². The minimum atomic E-state index is 0.0506. The molecule has 264 valence electrons. The summed E-state index contributed by atoms with van der Waals surface area (Å²) in [4.78, 5) is 0. The molecule has 10 rings (SSSR count). The standard InChI is InChI=1S/C52H44O2/c1-5-31-26-39(40(6-2)42-22-18-37-16-14-33-10-8-12-35-20-24-44(42)50(37)48(33)35)28-46(52(31)54)45-27-38(25-29(3)51(45)53)30(4)41-21-17-36-15-13-32-9-7-11-34-19-23-43(41)49(36)47(32)34/h7-28,30,37,40,50,53-54H,5-6H2,1-4H3. The Morgan fingerprint density at radius 3 is 2.09 bits per heavy atom. The number of hydrogen-bond donors (Lipinski definition) is 2. The third kappa shape index (κ3) is 4.79. The van der Waals surface area contributed by atoms with Crippen molar-refractivity contribution in [2.24, 2.45) is 5.92 Å². The fraction of sp³-hybridized carbons (Fsp3) is 0.192. The fourth-order valence-electron chi connectivity index (χ4n) is 10.1. The second kappa shape index (κ2) is 12.4. The first-order valence-corrected chi connectivity index (χ1v) is 19.6. The number of hydrogen-bond acceptors (Lipinski definition) is 2. The van der Waals surface area contributed by atoms with E-state index < -0.39 is 0 Å². The van der Waals surface area contributed by atoms with Gasteiger partial charge in [0, 0.05) is 34.8 Å². The smallest absolute Gasteiger partial charge is 0.126 e. The molecular formula is C52H44O2. The Bertz CT molecular complexity index is 2790. The Morgan fingerprint density at radius 2 is 1.31 bits per heavy atom. The quantitative estimate of drug-likeness (QED) is 0.163. The van der Waals surface area contributed by atoms with Crippen LogP contribution >= 0.6 is 0 Å². The van der Waals surface area contributed by atoms with E-state index in [9.17, 15) is 10.2 Å². The maximum Gasteiger partial charge on any atom is 0.126 e. The maximum atomic E-state index is 11.9. The van der Waals surface area contributed by atoms with Gasteiger partial charge in [0.1, 0.15) is 11.5 Å². The molecule has 7 aromatic carbocycles. The van der Waals surface area contributed by atoms with Crippen molar-refractivity contribution in [3.05, 3.63) is 177 Å². The lowest BCUT2D eigenvalue weighted by Crippen LogP contribution is -2.23. The molecule has 0 aliphatic heterocycles. The third-order valence-corrected chi connectivity index (χ3v) is 12.9. The van der Waals surface area contributed by atoms with Gasteiger partial charge in [0.15, 0.2) is 0 Å². The van der Waals surface area contributed by atoms with Crippen LogP contribution in [0.2, 0.25) is 0 Å². The van der Waals surface area contributed by atoms with Gasteiger partial charge in [-0.3, -0.25) is 0 Å². The van der Waals surface area contributed by atoms with Crippen LogP contribution in [0, 0.1) is 12.8 Å². The Balaban J connectivity index is 1.10. The first-order valence-electron chi connectivity index (χ1n) is 19.6. The first kappa shape index (κ1) is 32.8. The van der Waals surface area contributed by atoms with Crippen LogP contribution in [0.25, 0.3) is 55.6 Å². The number of phenolic OH excluding ortho intramolecular Hbond substituents is 2. The molecule has 0 heterocycles. The molecule has 0 saturated carbocycles. The summed E-state index contributed by atoms with van der Waals surface area (Å²) in [5, 5.41) is 31.3. The van der Waals surface area contributed by atoms with Crippen LogP contribution in [0.3, 0.4) is 0 Å². The van der Waals surface area contributed by atoms with Crippen LogP contribution in [0.4, 0.5) is 0 Å². The first-order chi connectivity index (χ1) is 26.3. The van der Waals surface area contributed by atoms with Gasteiger partial charge in [-0.05, 0) is 120 Å². The molecule has 3 aliphatic rings. The minimum absolute atomic E-state index is 0.0506. The topological polar surface area (TPSA) is 40.5 Å². The number of rotatable bonds is 7. The summed E-state index contributed by atoms with van der Waals surface area (Å²) in [7, 11) is 0. The van der Waals surface area contributed by atoms with E-state index in [-0.39, 0.29) is 23.3 Å². The lowest BCUT2D eigenvalue weighted by Gasteiger charge is -2.38. The van der Waals surface area contributed by atoms with E-state index >= 15 is 0 Å². The summed E-state index contributed by atoms with van der Waals surface area (Å²) >= 11 is 0. The van der Waals surface area contributed by atoms with E-state index in [0.29, 0.717) is 29.4 Å². The lowest BCUT2D eigenvalue weighted by molar-refractivity contribution is 0.463. The zero-order valence-corrected chi connectivity index (χ0v) is 31.3. The van der Waals surface area contributed by atoms with Crippen molar-refractivity contribution < 1.29 is 10.2 Å². The molecule has 0 saturated heterocycles. The molecule has 0 fully saturated rings. The average molecular weight is 701 g/mol. The van der Waals surface area contributed by atoms with E-state index in [1.165, 1.54) is 71.3 Å². The van der Waals surface area contributed by atoms with Gasteiger partial charge in [0.25, 0.3) is 0 Å². The summed E-state index contributed by atoms with van der Waals surface area (Å²) in [6.45, 7) is 8.61. The number of aryl methyl sites for hydroxylation is 2. The van der Waals surface area contributed by atoms with Crippen molar-refractivity contribution in [1.29, 1.82) is 0 Å². The monoisotopic (exact) mass is 700 g/mol. The SMILES string of the molecule is CCc1cc(C(CC)C2=C3C=Cc4cccc5c4C3C(C=C2)C=C5)cc(-c2cc(C(C)c3ccc4ccc5cccc6ccc3c4c56)cc(C)c2O)c1O. The Labute approximate surface area is 317 Å². The lowest BCUT2D eigenvalue weighted by atomic mass is 9.65. The largest absolute Gasteiger partial charge is 0.507 e. The molecule has 4 atom stereocenters. The predicted octanol–water partition coefficient (Wildman–Crippen LogP) is 13.5. The van der Waals surface area contributed by atoms with E-state index in [0.717, 1.165) is 23.1 Å². The molecular weight excluding hydrogens is 657 g/mol. The average Bonchev–Trinajstić information content (AvgIpc) is 3.21. The molecule has 7 aromatic rings. The Hall–Kier alpha value is -5.86. The van der Waals surface area contributed by atoms with Crippen molar-refractivity contribution in [1.82, 2.24) is 0 Å². The number of aromatic hydroxyl groups is 2. The summed E-state index contributed by atoms with van der Waals surface area (Å²) in [6.07, 6.45) is 15.7. The van der Waals surface area contributed by atoms with E-state index in [1.54, 1.807) is 0 Å². The van der Waals surface area contributed by atoms with Crippen molar-refractivity contribution in [3.8, 4) is 22.6 Å². The van der Waals surface area contributed by atoms with Crippen LogP contribution in [0.5, 0.6) is 11.5 Å². The van der Waals surface area contributed by atoms with Crippen LogP contribution in [-0.4, -0.2) is 10.2 Å². The summed E-state index contributed by atoms with van der Waals surface area (Å²) in [5.74, 6) is 1.32. The van der Waals surface area contributed by atoms with Gasteiger partial charge in [0.2, 0.25) is 0 Å². The molecule has 0 bridgehead atoms. The number of allylic oxidation sites excluding steroid dienone is 6. The van der Waals surface area contributed by atoms with E-state index in [4.69, 9.17) is 0 Å². The number of benzene rings is 7. The van der Waals surface area contributed by atoms with Gasteiger partial charge in [-0.1, -0.05) is 142 Å². The van der Waals surface area contributed by atoms with Crippen molar-refractivity contribution >= 4 is 44.5 Å². The molecule has 54 heavy (non-hydrogen) atoms. The highest BCUT2D eigenvalue weighted by molar-refractivity contribution is 6.23. The molecule has 0 amide bonds. The summed E-state index contributed by atoms with van der Waals surface area (Å²) in [5.41, 5.74) is 13.5. The molecule has 0 aromatic heterocycles. The maximum absolute atomic E-state index is 11.9. The molecule has 0 radical (unpaired) electrons. The second-order valence-electron chi connectivity index (χ2n) is 15.7. The fourth-order valence-corrected chi connectivity index (χ4v) is 10.1. The second-order valence-corrected chi connectivity index (χ2v) is 15.7. The Kier molecular flexibility index (Phi) is 7.49. The third-order valence-electron chi connectivity index (χ3n) is 12.9.